The number of primary amides is 1. The molecule has 3 amide bonds. The minimum Gasteiger partial charge on any atom is -0.351 e. The Labute approximate surface area is 96.1 Å². The SMILES string of the molecule is C[C@@H](NCC(=O)NC(N)=O)C1CCCCC1. The summed E-state index contributed by atoms with van der Waals surface area (Å²) in [6.07, 6.45) is 6.34. The van der Waals surface area contributed by atoms with E-state index in [4.69, 9.17) is 5.73 Å². The zero-order chi connectivity index (χ0) is 12.0. The fraction of sp³-hybridized carbons (Fsp3) is 0.818. The van der Waals surface area contributed by atoms with Gasteiger partial charge in [0.2, 0.25) is 5.91 Å². The average molecular weight is 227 g/mol. The Kier molecular flexibility index (Phi) is 5.25. The average Bonchev–Trinajstić information content (AvgIpc) is 2.26. The lowest BCUT2D eigenvalue weighted by Crippen LogP contribution is -2.44. The molecule has 92 valence electrons. The van der Waals surface area contributed by atoms with Crippen molar-refractivity contribution in [2.75, 3.05) is 6.54 Å². The Morgan fingerprint density at radius 3 is 2.50 bits per heavy atom. The first kappa shape index (κ1) is 13.0. The van der Waals surface area contributed by atoms with Gasteiger partial charge >= 0.3 is 6.03 Å². The molecule has 5 heteroatoms. The van der Waals surface area contributed by atoms with Crippen LogP contribution in [0.15, 0.2) is 0 Å². The molecule has 1 aliphatic carbocycles. The van der Waals surface area contributed by atoms with Crippen molar-refractivity contribution in [1.29, 1.82) is 0 Å². The van der Waals surface area contributed by atoms with Crippen molar-refractivity contribution in [3.63, 3.8) is 0 Å². The summed E-state index contributed by atoms with van der Waals surface area (Å²) in [7, 11) is 0. The number of hydrogen-bond donors (Lipinski definition) is 3. The Morgan fingerprint density at radius 2 is 1.94 bits per heavy atom. The number of nitrogens with two attached hydrogens (primary N) is 1. The van der Waals surface area contributed by atoms with E-state index in [-0.39, 0.29) is 12.5 Å². The summed E-state index contributed by atoms with van der Waals surface area (Å²) in [4.78, 5) is 21.6. The van der Waals surface area contributed by atoms with E-state index in [1.807, 2.05) is 5.32 Å². The summed E-state index contributed by atoms with van der Waals surface area (Å²) in [5.41, 5.74) is 4.84. The Bertz CT molecular complexity index is 250. The molecule has 0 spiro atoms. The lowest BCUT2D eigenvalue weighted by molar-refractivity contribution is -0.119. The van der Waals surface area contributed by atoms with Crippen LogP contribution in [-0.4, -0.2) is 24.5 Å². The molecule has 0 bridgehead atoms. The van der Waals surface area contributed by atoms with Crippen LogP contribution in [0.2, 0.25) is 0 Å². The van der Waals surface area contributed by atoms with Gasteiger partial charge in [-0.3, -0.25) is 10.1 Å². The lowest BCUT2D eigenvalue weighted by Gasteiger charge is -2.28. The number of carbonyl (C=O) groups excluding carboxylic acids is 2. The molecular formula is C11H21N3O2. The highest BCUT2D eigenvalue weighted by atomic mass is 16.2. The number of imide groups is 1. The van der Waals surface area contributed by atoms with Crippen molar-refractivity contribution in [1.82, 2.24) is 10.6 Å². The molecule has 16 heavy (non-hydrogen) atoms. The molecule has 1 fully saturated rings. The molecule has 1 saturated carbocycles. The first-order chi connectivity index (χ1) is 7.59. The van der Waals surface area contributed by atoms with Gasteiger partial charge in [-0.25, -0.2) is 4.79 Å². The van der Waals surface area contributed by atoms with Crippen LogP contribution in [0, 0.1) is 5.92 Å². The van der Waals surface area contributed by atoms with E-state index in [1.165, 1.54) is 32.1 Å². The molecule has 0 heterocycles. The fourth-order valence-electron chi connectivity index (χ4n) is 2.24. The molecule has 1 rings (SSSR count). The normalized spacial score (nSPS) is 19.1. The van der Waals surface area contributed by atoms with Crippen molar-refractivity contribution in [2.24, 2.45) is 11.7 Å². The fourth-order valence-corrected chi connectivity index (χ4v) is 2.24. The van der Waals surface area contributed by atoms with Crippen molar-refractivity contribution in [2.45, 2.75) is 45.1 Å². The molecule has 0 aromatic rings. The highest BCUT2D eigenvalue weighted by Crippen LogP contribution is 2.26. The number of rotatable bonds is 4. The van der Waals surface area contributed by atoms with Gasteiger partial charge in [-0.2, -0.15) is 0 Å². The highest BCUT2D eigenvalue weighted by Gasteiger charge is 2.20. The van der Waals surface area contributed by atoms with Gasteiger partial charge in [-0.1, -0.05) is 19.3 Å². The van der Waals surface area contributed by atoms with Gasteiger partial charge in [-0.05, 0) is 25.7 Å². The van der Waals surface area contributed by atoms with Gasteiger partial charge in [0.15, 0.2) is 0 Å². The third-order valence-corrected chi connectivity index (χ3v) is 3.20. The van der Waals surface area contributed by atoms with Gasteiger partial charge in [0, 0.05) is 6.04 Å². The number of amides is 3. The smallest absolute Gasteiger partial charge is 0.318 e. The van der Waals surface area contributed by atoms with E-state index in [0.717, 1.165) is 0 Å². The van der Waals surface area contributed by atoms with E-state index in [1.54, 1.807) is 0 Å². The largest absolute Gasteiger partial charge is 0.351 e. The molecule has 0 radical (unpaired) electrons. The quantitative estimate of drug-likeness (QED) is 0.662. The second-order valence-corrected chi connectivity index (χ2v) is 4.48. The second-order valence-electron chi connectivity index (χ2n) is 4.48. The van der Waals surface area contributed by atoms with Crippen molar-refractivity contribution in [3.05, 3.63) is 0 Å². The van der Waals surface area contributed by atoms with Crippen LogP contribution in [0.4, 0.5) is 4.79 Å². The van der Waals surface area contributed by atoms with Gasteiger partial charge in [0.05, 0.1) is 6.54 Å². The first-order valence-corrected chi connectivity index (χ1v) is 5.92. The van der Waals surface area contributed by atoms with E-state index >= 15 is 0 Å². The van der Waals surface area contributed by atoms with Gasteiger partial charge in [0.1, 0.15) is 0 Å². The lowest BCUT2D eigenvalue weighted by atomic mass is 9.84. The van der Waals surface area contributed by atoms with Crippen molar-refractivity contribution >= 4 is 11.9 Å². The number of carbonyl (C=O) groups is 2. The molecule has 4 N–H and O–H groups in total. The summed E-state index contributed by atoms with van der Waals surface area (Å²) in [5.74, 6) is 0.283. The zero-order valence-electron chi connectivity index (χ0n) is 9.79. The number of hydrogen-bond acceptors (Lipinski definition) is 3. The Balaban J connectivity index is 2.20. The zero-order valence-corrected chi connectivity index (χ0v) is 9.79. The van der Waals surface area contributed by atoms with Gasteiger partial charge < -0.3 is 11.1 Å². The predicted molar refractivity (Wildman–Crippen MR) is 61.8 cm³/mol. The molecule has 0 aliphatic heterocycles. The summed E-state index contributed by atoms with van der Waals surface area (Å²) < 4.78 is 0. The Hall–Kier alpha value is -1.10. The molecule has 5 nitrogen and oxygen atoms in total. The van der Waals surface area contributed by atoms with Gasteiger partial charge in [-0.15, -0.1) is 0 Å². The molecule has 1 atom stereocenters. The highest BCUT2D eigenvalue weighted by molar-refractivity contribution is 5.94. The monoisotopic (exact) mass is 227 g/mol. The van der Waals surface area contributed by atoms with Crippen LogP contribution in [0.1, 0.15) is 39.0 Å². The third kappa shape index (κ3) is 4.61. The topological polar surface area (TPSA) is 84.2 Å². The first-order valence-electron chi connectivity index (χ1n) is 5.92. The van der Waals surface area contributed by atoms with E-state index in [9.17, 15) is 9.59 Å². The molecule has 0 aromatic heterocycles. The maximum absolute atomic E-state index is 11.2. The van der Waals surface area contributed by atoms with Crippen LogP contribution in [-0.2, 0) is 4.79 Å². The maximum Gasteiger partial charge on any atom is 0.318 e. The summed E-state index contributed by atoms with van der Waals surface area (Å²) in [6.45, 7) is 2.24. The molecule has 1 aliphatic rings. The van der Waals surface area contributed by atoms with Gasteiger partial charge in [0.25, 0.3) is 0 Å². The van der Waals surface area contributed by atoms with E-state index < -0.39 is 6.03 Å². The van der Waals surface area contributed by atoms with Crippen molar-refractivity contribution < 1.29 is 9.59 Å². The summed E-state index contributed by atoms with van der Waals surface area (Å²) in [5, 5.41) is 5.18. The predicted octanol–water partition coefficient (Wildman–Crippen LogP) is 0.740. The van der Waals surface area contributed by atoms with Crippen LogP contribution >= 0.6 is 0 Å². The van der Waals surface area contributed by atoms with Crippen molar-refractivity contribution in [3.8, 4) is 0 Å². The minimum absolute atomic E-state index is 0.153. The number of nitrogens with one attached hydrogen (secondary N) is 2. The molecule has 0 aromatic carbocycles. The molecule has 0 saturated heterocycles. The van der Waals surface area contributed by atoms with E-state index in [0.29, 0.717) is 12.0 Å². The second kappa shape index (κ2) is 6.48. The Morgan fingerprint density at radius 1 is 1.31 bits per heavy atom. The van der Waals surface area contributed by atoms with Crippen LogP contribution in [0.3, 0.4) is 0 Å². The number of urea groups is 1. The summed E-state index contributed by atoms with van der Waals surface area (Å²) >= 11 is 0. The molecular weight excluding hydrogens is 206 g/mol. The molecule has 0 unspecified atom stereocenters. The van der Waals surface area contributed by atoms with Crippen LogP contribution in [0.25, 0.3) is 0 Å². The third-order valence-electron chi connectivity index (χ3n) is 3.20. The van der Waals surface area contributed by atoms with Crippen LogP contribution < -0.4 is 16.4 Å². The summed E-state index contributed by atoms with van der Waals surface area (Å²) in [6, 6.07) is -0.476. The standard InChI is InChI=1S/C11H21N3O2/c1-8(9-5-3-2-4-6-9)13-7-10(15)14-11(12)16/h8-9,13H,2-7H2,1H3,(H3,12,14,15,16)/t8-/m1/s1. The minimum atomic E-state index is -0.794. The van der Waals surface area contributed by atoms with E-state index in [2.05, 4.69) is 12.2 Å². The van der Waals surface area contributed by atoms with Crippen LogP contribution in [0.5, 0.6) is 0 Å². The maximum atomic E-state index is 11.2.